The average Bonchev–Trinajstić information content (AvgIpc) is 2.50. The first-order chi connectivity index (χ1) is 9.72. The van der Waals surface area contributed by atoms with Crippen molar-refractivity contribution >= 4 is 11.6 Å². The number of halogens is 1. The van der Waals surface area contributed by atoms with E-state index in [1.165, 1.54) is 0 Å². The van der Waals surface area contributed by atoms with Crippen LogP contribution < -0.4 is 5.73 Å². The van der Waals surface area contributed by atoms with E-state index < -0.39 is 0 Å². The van der Waals surface area contributed by atoms with E-state index >= 15 is 0 Å². The summed E-state index contributed by atoms with van der Waals surface area (Å²) in [5.74, 6) is 0. The van der Waals surface area contributed by atoms with Crippen molar-refractivity contribution in [2.24, 2.45) is 5.73 Å². The van der Waals surface area contributed by atoms with E-state index in [9.17, 15) is 0 Å². The molecule has 106 valence electrons. The highest BCUT2D eigenvalue weighted by atomic mass is 35.5. The minimum Gasteiger partial charge on any atom is -0.367 e. The zero-order valence-corrected chi connectivity index (χ0v) is 12.3. The van der Waals surface area contributed by atoms with Gasteiger partial charge in [0.15, 0.2) is 0 Å². The molecule has 4 heteroatoms. The number of rotatable bonds is 6. The van der Waals surface area contributed by atoms with E-state index in [0.29, 0.717) is 11.6 Å². The maximum Gasteiger partial charge on any atom is 0.0994 e. The summed E-state index contributed by atoms with van der Waals surface area (Å²) in [4.78, 5) is 4.13. The van der Waals surface area contributed by atoms with Crippen molar-refractivity contribution in [2.75, 3.05) is 0 Å². The van der Waals surface area contributed by atoms with Gasteiger partial charge in [-0.3, -0.25) is 4.98 Å². The SMILES string of the molecule is CCC(N)C(OCc1ccccc1Cl)c1cccnc1. The van der Waals surface area contributed by atoms with Gasteiger partial charge in [0.1, 0.15) is 0 Å². The Bertz CT molecular complexity index is 533. The molecule has 20 heavy (non-hydrogen) atoms. The van der Waals surface area contributed by atoms with Crippen molar-refractivity contribution < 1.29 is 4.74 Å². The molecule has 0 saturated carbocycles. The predicted octanol–water partition coefficient (Wildman–Crippen LogP) is 3.73. The van der Waals surface area contributed by atoms with Crippen molar-refractivity contribution in [3.05, 3.63) is 64.9 Å². The van der Waals surface area contributed by atoms with Crippen molar-refractivity contribution in [3.63, 3.8) is 0 Å². The molecule has 1 aromatic carbocycles. The minimum absolute atomic E-state index is 0.0679. The first kappa shape index (κ1) is 15.0. The summed E-state index contributed by atoms with van der Waals surface area (Å²) in [5.41, 5.74) is 8.12. The number of benzene rings is 1. The second-order valence-corrected chi connectivity index (χ2v) is 5.09. The number of aromatic nitrogens is 1. The molecule has 2 atom stereocenters. The summed E-state index contributed by atoms with van der Waals surface area (Å²) in [6.07, 6.45) is 4.20. The first-order valence-corrected chi connectivity index (χ1v) is 7.10. The highest BCUT2D eigenvalue weighted by Crippen LogP contribution is 2.24. The zero-order valence-electron chi connectivity index (χ0n) is 11.5. The molecule has 0 aliphatic heterocycles. The molecular weight excluding hydrogens is 272 g/mol. The van der Waals surface area contributed by atoms with Gasteiger partial charge in [-0.05, 0) is 24.1 Å². The smallest absolute Gasteiger partial charge is 0.0994 e. The van der Waals surface area contributed by atoms with Gasteiger partial charge in [0.2, 0.25) is 0 Å². The summed E-state index contributed by atoms with van der Waals surface area (Å²) >= 11 is 6.14. The molecule has 0 aliphatic carbocycles. The summed E-state index contributed by atoms with van der Waals surface area (Å²) in [7, 11) is 0. The van der Waals surface area contributed by atoms with Crippen LogP contribution in [0.2, 0.25) is 5.02 Å². The van der Waals surface area contributed by atoms with Gasteiger partial charge in [-0.25, -0.2) is 0 Å². The molecule has 2 N–H and O–H groups in total. The van der Waals surface area contributed by atoms with Crippen LogP contribution in [0.4, 0.5) is 0 Å². The second-order valence-electron chi connectivity index (χ2n) is 4.68. The summed E-state index contributed by atoms with van der Waals surface area (Å²) < 4.78 is 6.00. The Morgan fingerprint density at radius 2 is 2.05 bits per heavy atom. The van der Waals surface area contributed by atoms with Gasteiger partial charge in [0.05, 0.1) is 12.7 Å². The van der Waals surface area contributed by atoms with Crippen LogP contribution in [0.15, 0.2) is 48.8 Å². The van der Waals surface area contributed by atoms with Crippen molar-refractivity contribution in [1.29, 1.82) is 0 Å². The van der Waals surface area contributed by atoms with Crippen LogP contribution in [0, 0.1) is 0 Å². The lowest BCUT2D eigenvalue weighted by Gasteiger charge is -2.23. The van der Waals surface area contributed by atoms with Crippen molar-refractivity contribution in [2.45, 2.75) is 32.1 Å². The molecule has 1 aromatic heterocycles. The van der Waals surface area contributed by atoms with E-state index in [1.54, 1.807) is 12.4 Å². The highest BCUT2D eigenvalue weighted by Gasteiger charge is 2.19. The number of nitrogens with zero attached hydrogens (tertiary/aromatic N) is 1. The van der Waals surface area contributed by atoms with Crippen LogP contribution >= 0.6 is 11.6 Å². The Kier molecular flexibility index (Phi) is 5.53. The fraction of sp³-hybridized carbons (Fsp3) is 0.312. The summed E-state index contributed by atoms with van der Waals surface area (Å²) in [6.45, 7) is 2.49. The fourth-order valence-corrected chi connectivity index (χ4v) is 2.21. The van der Waals surface area contributed by atoms with Gasteiger partial charge in [-0.2, -0.15) is 0 Å². The van der Waals surface area contributed by atoms with Crippen LogP contribution in [0.5, 0.6) is 0 Å². The molecule has 0 radical (unpaired) electrons. The zero-order chi connectivity index (χ0) is 14.4. The molecule has 0 spiro atoms. The van der Waals surface area contributed by atoms with Gasteiger partial charge >= 0.3 is 0 Å². The molecule has 2 unspecified atom stereocenters. The Balaban J connectivity index is 2.11. The lowest BCUT2D eigenvalue weighted by Crippen LogP contribution is -2.29. The summed E-state index contributed by atoms with van der Waals surface area (Å²) in [6, 6.07) is 11.5. The van der Waals surface area contributed by atoms with Crippen LogP contribution in [0.25, 0.3) is 0 Å². The Hall–Kier alpha value is -1.42. The fourth-order valence-electron chi connectivity index (χ4n) is 2.02. The number of pyridine rings is 1. The molecule has 0 fully saturated rings. The Labute approximate surface area is 124 Å². The Morgan fingerprint density at radius 3 is 2.70 bits per heavy atom. The molecule has 1 heterocycles. The molecule has 0 saturated heterocycles. The first-order valence-electron chi connectivity index (χ1n) is 6.73. The van der Waals surface area contributed by atoms with Crippen LogP contribution in [-0.4, -0.2) is 11.0 Å². The molecule has 0 bridgehead atoms. The number of hydrogen-bond acceptors (Lipinski definition) is 3. The minimum atomic E-state index is -0.176. The summed E-state index contributed by atoms with van der Waals surface area (Å²) in [5, 5.41) is 0.711. The van der Waals surface area contributed by atoms with Gasteiger partial charge in [-0.15, -0.1) is 0 Å². The normalized spacial score (nSPS) is 13.9. The van der Waals surface area contributed by atoms with Crippen molar-refractivity contribution in [3.8, 4) is 0 Å². The van der Waals surface area contributed by atoms with Gasteiger partial charge < -0.3 is 10.5 Å². The van der Waals surface area contributed by atoms with Gasteiger partial charge in [-0.1, -0.05) is 42.8 Å². The molecule has 0 amide bonds. The third-order valence-corrected chi connectivity index (χ3v) is 3.62. The quantitative estimate of drug-likeness (QED) is 0.882. The van der Waals surface area contributed by atoms with Crippen LogP contribution in [-0.2, 0) is 11.3 Å². The van der Waals surface area contributed by atoms with Gasteiger partial charge in [0.25, 0.3) is 0 Å². The van der Waals surface area contributed by atoms with Crippen LogP contribution in [0.3, 0.4) is 0 Å². The van der Waals surface area contributed by atoms with Crippen LogP contribution in [0.1, 0.15) is 30.6 Å². The largest absolute Gasteiger partial charge is 0.367 e. The predicted molar refractivity (Wildman–Crippen MR) is 81.5 cm³/mol. The van der Waals surface area contributed by atoms with Crippen molar-refractivity contribution in [1.82, 2.24) is 4.98 Å². The Morgan fingerprint density at radius 1 is 1.25 bits per heavy atom. The highest BCUT2D eigenvalue weighted by molar-refractivity contribution is 6.31. The molecule has 0 aliphatic rings. The average molecular weight is 291 g/mol. The van der Waals surface area contributed by atoms with E-state index in [4.69, 9.17) is 22.1 Å². The van der Waals surface area contributed by atoms with E-state index in [-0.39, 0.29) is 12.1 Å². The topological polar surface area (TPSA) is 48.1 Å². The maximum atomic E-state index is 6.17. The lowest BCUT2D eigenvalue weighted by molar-refractivity contribution is 0.0211. The number of hydrogen-bond donors (Lipinski definition) is 1. The molecular formula is C16H19ClN2O. The maximum absolute atomic E-state index is 6.17. The molecule has 2 aromatic rings. The van der Waals surface area contributed by atoms with E-state index in [1.807, 2.05) is 43.3 Å². The third-order valence-electron chi connectivity index (χ3n) is 3.25. The van der Waals surface area contributed by atoms with Gasteiger partial charge in [0, 0.05) is 29.0 Å². The van der Waals surface area contributed by atoms with E-state index in [0.717, 1.165) is 17.5 Å². The van der Waals surface area contributed by atoms with E-state index in [2.05, 4.69) is 4.98 Å². The standard InChI is InChI=1S/C16H19ClN2O/c1-2-15(18)16(12-7-5-9-19-10-12)20-11-13-6-3-4-8-14(13)17/h3-10,15-16H,2,11,18H2,1H3. The number of ether oxygens (including phenoxy) is 1. The number of nitrogens with two attached hydrogens (primary N) is 1. The lowest BCUT2D eigenvalue weighted by atomic mass is 10.0. The third kappa shape index (κ3) is 3.79. The monoisotopic (exact) mass is 290 g/mol. The second kappa shape index (κ2) is 7.39. The molecule has 2 rings (SSSR count). The molecule has 3 nitrogen and oxygen atoms in total.